The van der Waals surface area contributed by atoms with Crippen LogP contribution in [0.25, 0.3) is 22.1 Å². The van der Waals surface area contributed by atoms with Gasteiger partial charge in [0, 0.05) is 0 Å². The summed E-state index contributed by atoms with van der Waals surface area (Å²) in [5.74, 6) is 1.33. The molecule has 5 rings (SSSR count). The van der Waals surface area contributed by atoms with Crippen LogP contribution in [0.2, 0.25) is 0 Å². The first-order valence-electron chi connectivity index (χ1n) is 9.60. The highest BCUT2D eigenvalue weighted by molar-refractivity contribution is 14.1. The third-order valence-corrected chi connectivity index (χ3v) is 6.69. The lowest BCUT2D eigenvalue weighted by Crippen LogP contribution is -2.22. The summed E-state index contributed by atoms with van der Waals surface area (Å²) in [5, 5.41) is 0. The second-order valence-corrected chi connectivity index (χ2v) is 9.11. The Morgan fingerprint density at radius 3 is 2.68 bits per heavy atom. The van der Waals surface area contributed by atoms with Crippen LogP contribution in [0.5, 0.6) is 11.5 Å². The minimum Gasteiger partial charge on any atom is -0.493 e. The number of methoxy groups -OCH3 is 1. The van der Waals surface area contributed by atoms with E-state index in [2.05, 4.69) is 27.6 Å². The molecular formula is C24H17IN2O3S. The van der Waals surface area contributed by atoms with E-state index >= 15 is 0 Å². The fourth-order valence-electron chi connectivity index (χ4n) is 3.46. The van der Waals surface area contributed by atoms with Crippen LogP contribution in [-0.2, 0) is 6.61 Å². The summed E-state index contributed by atoms with van der Waals surface area (Å²) in [6.07, 6.45) is 1.88. The van der Waals surface area contributed by atoms with Crippen molar-refractivity contribution < 1.29 is 9.47 Å². The second-order valence-electron chi connectivity index (χ2n) is 6.94. The quantitative estimate of drug-likeness (QED) is 0.305. The number of fused-ring (bicyclic) bond motifs is 3. The molecule has 0 aliphatic heterocycles. The average Bonchev–Trinajstić information content (AvgIpc) is 3.29. The molecule has 0 amide bonds. The summed E-state index contributed by atoms with van der Waals surface area (Å²) in [5.41, 5.74) is 3.55. The van der Waals surface area contributed by atoms with E-state index in [1.54, 1.807) is 11.5 Å². The van der Waals surface area contributed by atoms with Gasteiger partial charge >= 0.3 is 0 Å². The van der Waals surface area contributed by atoms with Gasteiger partial charge in [0.1, 0.15) is 6.61 Å². The molecule has 31 heavy (non-hydrogen) atoms. The van der Waals surface area contributed by atoms with Crippen LogP contribution in [0.15, 0.2) is 71.5 Å². The van der Waals surface area contributed by atoms with Gasteiger partial charge in [-0.25, -0.2) is 9.38 Å². The van der Waals surface area contributed by atoms with Crippen LogP contribution >= 0.6 is 33.9 Å². The Hall–Kier alpha value is -2.91. The predicted octanol–water partition coefficient (Wildman–Crippen LogP) is 4.65. The lowest BCUT2D eigenvalue weighted by Gasteiger charge is -2.13. The molecule has 0 aliphatic carbocycles. The Bertz CT molecular complexity index is 1510. The molecular weight excluding hydrogens is 523 g/mol. The van der Waals surface area contributed by atoms with Gasteiger partial charge in [0.05, 0.1) is 26.2 Å². The van der Waals surface area contributed by atoms with Gasteiger partial charge in [0.2, 0.25) is 0 Å². The van der Waals surface area contributed by atoms with E-state index in [0.717, 1.165) is 25.7 Å². The molecule has 5 nitrogen and oxygen atoms in total. The third-order valence-electron chi connectivity index (χ3n) is 4.92. The summed E-state index contributed by atoms with van der Waals surface area (Å²) in [6.45, 7) is 0.455. The molecule has 0 saturated carbocycles. The molecule has 3 aromatic carbocycles. The van der Waals surface area contributed by atoms with Gasteiger partial charge in [-0.05, 0) is 64.1 Å². The van der Waals surface area contributed by atoms with Crippen LogP contribution < -0.4 is 19.6 Å². The van der Waals surface area contributed by atoms with E-state index < -0.39 is 0 Å². The van der Waals surface area contributed by atoms with E-state index in [1.165, 1.54) is 11.3 Å². The number of imidazole rings is 1. The summed E-state index contributed by atoms with van der Waals surface area (Å²) >= 11 is 3.62. The molecule has 5 aromatic rings. The molecule has 0 spiro atoms. The maximum absolute atomic E-state index is 13.0. The minimum atomic E-state index is -0.0629. The second kappa shape index (κ2) is 8.32. The van der Waals surface area contributed by atoms with Crippen LogP contribution in [0, 0.1) is 3.57 Å². The molecule has 2 heterocycles. The highest BCUT2D eigenvalue weighted by atomic mass is 127. The number of nitrogens with zero attached hydrogens (tertiary/aromatic N) is 2. The van der Waals surface area contributed by atoms with Gasteiger partial charge in [-0.3, -0.25) is 4.79 Å². The molecule has 0 atom stereocenters. The van der Waals surface area contributed by atoms with E-state index in [4.69, 9.17) is 9.47 Å². The van der Waals surface area contributed by atoms with Crippen molar-refractivity contribution in [3.05, 3.63) is 96.3 Å². The topological polar surface area (TPSA) is 52.8 Å². The monoisotopic (exact) mass is 540 g/mol. The summed E-state index contributed by atoms with van der Waals surface area (Å²) in [7, 11) is 1.62. The molecule has 154 valence electrons. The molecule has 0 radical (unpaired) electrons. The van der Waals surface area contributed by atoms with Crippen molar-refractivity contribution in [1.82, 2.24) is 9.38 Å². The van der Waals surface area contributed by atoms with Crippen molar-refractivity contribution in [3.63, 3.8) is 0 Å². The van der Waals surface area contributed by atoms with Crippen molar-refractivity contribution in [2.45, 2.75) is 6.61 Å². The maximum atomic E-state index is 13.0. The van der Waals surface area contributed by atoms with Crippen molar-refractivity contribution in [2.75, 3.05) is 7.11 Å². The smallest absolute Gasteiger partial charge is 0.274 e. The Labute approximate surface area is 195 Å². The highest BCUT2D eigenvalue weighted by Crippen LogP contribution is 2.34. The minimum absolute atomic E-state index is 0.0629. The summed E-state index contributed by atoms with van der Waals surface area (Å²) in [6, 6.07) is 21.5. The standard InChI is InChI=1S/C24H17IN2O3S/c1-29-20-12-16(11-17(25)22(20)30-14-15-7-3-2-4-8-15)13-21-23(28)27-19-10-6-5-9-18(19)26-24(27)31-21/h2-13H,14H2,1H3/b21-13+. The molecule has 0 N–H and O–H groups in total. The third kappa shape index (κ3) is 3.79. The fraction of sp³-hybridized carbons (Fsp3) is 0.0833. The fourth-order valence-corrected chi connectivity index (χ4v) is 5.22. The molecule has 0 unspecified atom stereocenters. The zero-order valence-electron chi connectivity index (χ0n) is 16.5. The molecule has 7 heteroatoms. The number of aromatic nitrogens is 2. The van der Waals surface area contributed by atoms with E-state index in [-0.39, 0.29) is 5.56 Å². The lowest BCUT2D eigenvalue weighted by atomic mass is 10.2. The van der Waals surface area contributed by atoms with Crippen LogP contribution in [0.1, 0.15) is 11.1 Å². The van der Waals surface area contributed by atoms with Crippen LogP contribution in [0.3, 0.4) is 0 Å². The van der Waals surface area contributed by atoms with Gasteiger partial charge in [0.15, 0.2) is 16.5 Å². The van der Waals surface area contributed by atoms with Gasteiger partial charge < -0.3 is 9.47 Å². The first-order chi connectivity index (χ1) is 15.1. The van der Waals surface area contributed by atoms with Gasteiger partial charge in [-0.15, -0.1) is 0 Å². The van der Waals surface area contributed by atoms with E-state index in [0.29, 0.717) is 27.6 Å². The number of rotatable bonds is 5. The zero-order valence-corrected chi connectivity index (χ0v) is 19.5. The number of hydrogen-bond donors (Lipinski definition) is 0. The van der Waals surface area contributed by atoms with Crippen molar-refractivity contribution in [2.24, 2.45) is 0 Å². The van der Waals surface area contributed by atoms with Crippen LogP contribution in [-0.4, -0.2) is 16.5 Å². The van der Waals surface area contributed by atoms with E-state index in [1.807, 2.05) is 72.8 Å². The van der Waals surface area contributed by atoms with Crippen molar-refractivity contribution >= 4 is 56.0 Å². The van der Waals surface area contributed by atoms with Gasteiger partial charge in [0.25, 0.3) is 5.56 Å². The Kier molecular flexibility index (Phi) is 5.37. The SMILES string of the molecule is COc1cc(/C=c2/sc3nc4ccccc4n3c2=O)cc(I)c1OCc1ccccc1. The largest absolute Gasteiger partial charge is 0.493 e. The number of benzene rings is 3. The number of thiazole rings is 1. The Morgan fingerprint density at radius 1 is 1.10 bits per heavy atom. The molecule has 0 fully saturated rings. The number of para-hydroxylation sites is 2. The van der Waals surface area contributed by atoms with Crippen molar-refractivity contribution in [3.8, 4) is 11.5 Å². The molecule has 2 aromatic heterocycles. The van der Waals surface area contributed by atoms with Gasteiger partial charge in [-0.2, -0.15) is 0 Å². The molecule has 0 bridgehead atoms. The predicted molar refractivity (Wildman–Crippen MR) is 132 cm³/mol. The Morgan fingerprint density at radius 2 is 1.87 bits per heavy atom. The first kappa shape index (κ1) is 20.0. The summed E-state index contributed by atoms with van der Waals surface area (Å²) in [4.78, 5) is 18.3. The van der Waals surface area contributed by atoms with E-state index in [9.17, 15) is 4.79 Å². The number of halogens is 1. The average molecular weight is 540 g/mol. The number of hydrogen-bond acceptors (Lipinski definition) is 5. The summed E-state index contributed by atoms with van der Waals surface area (Å²) < 4.78 is 14.8. The van der Waals surface area contributed by atoms with Gasteiger partial charge in [-0.1, -0.05) is 53.8 Å². The van der Waals surface area contributed by atoms with Crippen molar-refractivity contribution in [1.29, 1.82) is 0 Å². The first-order valence-corrected chi connectivity index (χ1v) is 11.5. The lowest BCUT2D eigenvalue weighted by molar-refractivity contribution is 0.282. The maximum Gasteiger partial charge on any atom is 0.274 e. The molecule has 0 saturated heterocycles. The van der Waals surface area contributed by atoms with Crippen LogP contribution in [0.4, 0.5) is 0 Å². The normalized spacial score (nSPS) is 12.0. The zero-order chi connectivity index (χ0) is 21.4. The highest BCUT2D eigenvalue weighted by Gasteiger charge is 2.13. The number of ether oxygens (including phenoxy) is 2. The Balaban J connectivity index is 1.53. The molecule has 0 aliphatic rings.